The van der Waals surface area contributed by atoms with Gasteiger partial charge in [-0.1, -0.05) is 0 Å². The lowest BCUT2D eigenvalue weighted by Gasteiger charge is -2.43. The topological polar surface area (TPSA) is 13.0 Å². The van der Waals surface area contributed by atoms with E-state index in [0.717, 1.165) is 23.8 Å². The number of piperidine rings is 2. The van der Waals surface area contributed by atoms with E-state index in [1.54, 1.807) is 0 Å². The van der Waals surface area contributed by atoms with E-state index < -0.39 is 0 Å². The maximum atomic E-state index is 2.88. The molecule has 168 valence electrons. The fourth-order valence-electron chi connectivity index (χ4n) is 6.49. The van der Waals surface area contributed by atoms with Gasteiger partial charge in [0.15, 0.2) is 0 Å². The molecule has 0 N–H and O–H groups in total. The fourth-order valence-corrected chi connectivity index (χ4v) is 6.49. The molecule has 4 nitrogen and oxygen atoms in total. The van der Waals surface area contributed by atoms with Crippen molar-refractivity contribution in [2.45, 2.75) is 84.3 Å². The lowest BCUT2D eigenvalue weighted by molar-refractivity contribution is 0.0598. The molecule has 0 saturated carbocycles. The summed E-state index contributed by atoms with van der Waals surface area (Å²) in [6.07, 6.45) is 5.61. The summed E-state index contributed by atoms with van der Waals surface area (Å²) in [6.45, 7) is 26.3. The Morgan fingerprint density at radius 1 is 0.621 bits per heavy atom. The Balaban J connectivity index is 1.17. The third kappa shape index (κ3) is 5.19. The highest BCUT2D eigenvalue weighted by Gasteiger charge is 2.44. The maximum Gasteiger partial charge on any atom is 0.0125 e. The molecule has 0 aliphatic carbocycles. The van der Waals surface area contributed by atoms with Crippen LogP contribution in [-0.4, -0.2) is 95.6 Å². The molecule has 4 aliphatic rings. The lowest BCUT2D eigenvalue weighted by Crippen LogP contribution is -2.49. The first-order valence-corrected chi connectivity index (χ1v) is 12.6. The highest BCUT2D eigenvalue weighted by Crippen LogP contribution is 2.37. The first-order valence-electron chi connectivity index (χ1n) is 12.6. The summed E-state index contributed by atoms with van der Waals surface area (Å²) in [4.78, 5) is 11.1. The van der Waals surface area contributed by atoms with Crippen molar-refractivity contribution in [1.29, 1.82) is 0 Å². The zero-order valence-electron chi connectivity index (χ0n) is 20.3. The van der Waals surface area contributed by atoms with E-state index in [1.807, 2.05) is 0 Å². The normalized spacial score (nSPS) is 32.9. The van der Waals surface area contributed by atoms with Crippen molar-refractivity contribution in [2.24, 2.45) is 17.8 Å². The van der Waals surface area contributed by atoms with Gasteiger partial charge in [-0.2, -0.15) is 0 Å². The molecule has 4 rings (SSSR count). The molecule has 4 heteroatoms. The number of nitrogens with zero attached hydrogens (tertiary/aromatic N) is 4. The monoisotopic (exact) mass is 404 g/mol. The summed E-state index contributed by atoms with van der Waals surface area (Å²) in [5.41, 5.74) is 0.699. The smallest absolute Gasteiger partial charge is 0.0125 e. The third-order valence-corrected chi connectivity index (χ3v) is 8.62. The number of rotatable bonds is 3. The van der Waals surface area contributed by atoms with Crippen LogP contribution in [0.1, 0.15) is 67.2 Å². The zero-order chi connectivity index (χ0) is 20.8. The number of fused-ring (bicyclic) bond motifs is 1. The molecule has 0 aromatic heterocycles. The van der Waals surface area contributed by atoms with Crippen molar-refractivity contribution < 1.29 is 0 Å². The standard InChI is InChI=1S/C25H48N4/c1-24(2,3)28-13-7-20(8-14-28)15-26-11-9-23(10-12-26)27-16-21-18-29(25(4,5)6)19-22(21)17-27/h20-23H,7-19H2,1-6H3/t21-,22+. The van der Waals surface area contributed by atoms with Crippen LogP contribution >= 0.6 is 0 Å². The first kappa shape index (κ1) is 22.0. The Labute approximate surface area is 181 Å². The Morgan fingerprint density at radius 2 is 1.14 bits per heavy atom. The summed E-state index contributed by atoms with van der Waals surface area (Å²) in [5.74, 6) is 2.79. The van der Waals surface area contributed by atoms with Gasteiger partial charge in [-0.05, 0) is 111 Å². The number of hydrogen-bond acceptors (Lipinski definition) is 4. The van der Waals surface area contributed by atoms with Crippen LogP contribution in [0.3, 0.4) is 0 Å². The Hall–Kier alpha value is -0.160. The molecule has 4 fully saturated rings. The lowest BCUT2D eigenvalue weighted by atomic mass is 9.91. The summed E-state index contributed by atoms with van der Waals surface area (Å²) in [5, 5.41) is 0. The van der Waals surface area contributed by atoms with Crippen molar-refractivity contribution >= 4 is 0 Å². The molecule has 0 spiro atoms. The largest absolute Gasteiger partial charge is 0.303 e. The molecule has 29 heavy (non-hydrogen) atoms. The van der Waals surface area contributed by atoms with Crippen LogP contribution in [0.5, 0.6) is 0 Å². The van der Waals surface area contributed by atoms with Crippen molar-refractivity contribution in [3.8, 4) is 0 Å². The molecule has 4 saturated heterocycles. The first-order chi connectivity index (χ1) is 13.6. The van der Waals surface area contributed by atoms with Gasteiger partial charge >= 0.3 is 0 Å². The quantitative estimate of drug-likeness (QED) is 0.712. The molecule has 4 heterocycles. The van der Waals surface area contributed by atoms with E-state index in [2.05, 4.69) is 61.1 Å². The van der Waals surface area contributed by atoms with Crippen LogP contribution in [0.25, 0.3) is 0 Å². The van der Waals surface area contributed by atoms with E-state index in [-0.39, 0.29) is 0 Å². The van der Waals surface area contributed by atoms with Gasteiger partial charge in [-0.15, -0.1) is 0 Å². The number of likely N-dealkylation sites (tertiary alicyclic amines) is 4. The molecular formula is C25H48N4. The van der Waals surface area contributed by atoms with Crippen molar-refractivity contribution in [1.82, 2.24) is 19.6 Å². The molecule has 0 radical (unpaired) electrons. The second-order valence-corrected chi connectivity index (χ2v) is 12.7. The average molecular weight is 405 g/mol. The van der Waals surface area contributed by atoms with Gasteiger partial charge in [0.05, 0.1) is 0 Å². The minimum Gasteiger partial charge on any atom is -0.303 e. The summed E-state index contributed by atoms with van der Waals surface area (Å²) in [6, 6.07) is 0.864. The van der Waals surface area contributed by atoms with Crippen LogP contribution < -0.4 is 0 Å². The molecule has 0 aromatic carbocycles. The summed E-state index contributed by atoms with van der Waals surface area (Å²) < 4.78 is 0. The minimum absolute atomic E-state index is 0.348. The van der Waals surface area contributed by atoms with Gasteiger partial charge < -0.3 is 4.90 Å². The van der Waals surface area contributed by atoms with Gasteiger partial charge in [0.25, 0.3) is 0 Å². The van der Waals surface area contributed by atoms with E-state index >= 15 is 0 Å². The minimum atomic E-state index is 0.348. The second kappa shape index (κ2) is 8.41. The van der Waals surface area contributed by atoms with Crippen LogP contribution in [0.2, 0.25) is 0 Å². The Bertz CT molecular complexity index is 518. The Kier molecular flexibility index (Phi) is 6.39. The Morgan fingerprint density at radius 3 is 1.62 bits per heavy atom. The molecule has 0 unspecified atom stereocenters. The van der Waals surface area contributed by atoms with Gasteiger partial charge in [-0.25, -0.2) is 0 Å². The number of hydrogen-bond donors (Lipinski definition) is 0. The zero-order valence-corrected chi connectivity index (χ0v) is 20.3. The predicted octanol–water partition coefficient (Wildman–Crippen LogP) is 3.62. The van der Waals surface area contributed by atoms with E-state index in [0.29, 0.717) is 11.1 Å². The average Bonchev–Trinajstić information content (AvgIpc) is 3.21. The molecular weight excluding hydrogens is 356 g/mol. The summed E-state index contributed by atoms with van der Waals surface area (Å²) >= 11 is 0. The van der Waals surface area contributed by atoms with Crippen molar-refractivity contribution in [3.63, 3.8) is 0 Å². The summed E-state index contributed by atoms with van der Waals surface area (Å²) in [7, 11) is 0. The predicted molar refractivity (Wildman–Crippen MR) is 123 cm³/mol. The van der Waals surface area contributed by atoms with E-state index in [9.17, 15) is 0 Å². The second-order valence-electron chi connectivity index (χ2n) is 12.7. The fraction of sp³-hybridized carbons (Fsp3) is 1.00. The van der Waals surface area contributed by atoms with Crippen molar-refractivity contribution in [2.75, 3.05) is 58.9 Å². The van der Waals surface area contributed by atoms with Crippen LogP contribution in [0.4, 0.5) is 0 Å². The van der Waals surface area contributed by atoms with E-state index in [4.69, 9.17) is 0 Å². The van der Waals surface area contributed by atoms with Crippen LogP contribution in [-0.2, 0) is 0 Å². The highest BCUT2D eigenvalue weighted by atomic mass is 15.3. The van der Waals surface area contributed by atoms with Gasteiger partial charge in [0, 0.05) is 49.8 Å². The molecule has 2 atom stereocenters. The highest BCUT2D eigenvalue weighted by molar-refractivity contribution is 4.98. The van der Waals surface area contributed by atoms with E-state index in [1.165, 1.54) is 84.6 Å². The molecule has 0 bridgehead atoms. The van der Waals surface area contributed by atoms with Crippen molar-refractivity contribution in [3.05, 3.63) is 0 Å². The van der Waals surface area contributed by atoms with Gasteiger partial charge in [0.2, 0.25) is 0 Å². The third-order valence-electron chi connectivity index (χ3n) is 8.62. The molecule has 0 amide bonds. The maximum absolute atomic E-state index is 2.88. The SMILES string of the molecule is CC(C)(C)N1CCC(CN2CCC(N3C[C@@H]4CN(C(C)(C)C)C[C@@H]4C3)CC2)CC1. The molecule has 0 aromatic rings. The van der Waals surface area contributed by atoms with Crippen LogP contribution in [0.15, 0.2) is 0 Å². The van der Waals surface area contributed by atoms with Gasteiger partial charge in [0.1, 0.15) is 0 Å². The molecule has 4 aliphatic heterocycles. The van der Waals surface area contributed by atoms with Gasteiger partial charge in [-0.3, -0.25) is 14.7 Å². The van der Waals surface area contributed by atoms with Crippen LogP contribution in [0, 0.1) is 17.8 Å².